The number of pyridine rings is 1. The normalized spacial score (nSPS) is 19.8. The standard InChI is InChI=1S/C10H15BrN4O4S/c11-7-3-9(10(15-12)13-4-7)20(16,17)14-5-8-6-18-1-2-19-8/h3-4,8,14H,1-2,5-6,12H2,(H,13,15). The Hall–Kier alpha value is -0.780. The van der Waals surface area contributed by atoms with E-state index in [4.69, 9.17) is 15.3 Å². The van der Waals surface area contributed by atoms with Gasteiger partial charge in [-0.2, -0.15) is 0 Å². The van der Waals surface area contributed by atoms with Crippen LogP contribution in [0.2, 0.25) is 0 Å². The summed E-state index contributed by atoms with van der Waals surface area (Å²) in [6.07, 6.45) is 1.15. The molecule has 112 valence electrons. The van der Waals surface area contributed by atoms with Gasteiger partial charge >= 0.3 is 0 Å². The number of aromatic nitrogens is 1. The van der Waals surface area contributed by atoms with Crippen LogP contribution in [-0.4, -0.2) is 45.9 Å². The third-order valence-electron chi connectivity index (χ3n) is 2.63. The van der Waals surface area contributed by atoms with E-state index >= 15 is 0 Å². The van der Waals surface area contributed by atoms with Crippen molar-refractivity contribution in [2.24, 2.45) is 5.84 Å². The summed E-state index contributed by atoms with van der Waals surface area (Å²) in [7, 11) is -3.75. The number of anilines is 1. The van der Waals surface area contributed by atoms with Crippen LogP contribution in [0.25, 0.3) is 0 Å². The van der Waals surface area contributed by atoms with E-state index in [1.807, 2.05) is 0 Å². The Kier molecular flexibility index (Phi) is 5.29. The van der Waals surface area contributed by atoms with Crippen LogP contribution in [0.1, 0.15) is 0 Å². The molecule has 0 radical (unpaired) electrons. The lowest BCUT2D eigenvalue weighted by molar-refractivity contribution is -0.0846. The summed E-state index contributed by atoms with van der Waals surface area (Å²) in [6, 6.07) is 1.42. The van der Waals surface area contributed by atoms with E-state index in [0.717, 1.165) is 0 Å². The maximum atomic E-state index is 12.2. The van der Waals surface area contributed by atoms with Crippen LogP contribution < -0.4 is 16.0 Å². The predicted molar refractivity (Wildman–Crippen MR) is 75.5 cm³/mol. The topological polar surface area (TPSA) is 116 Å². The van der Waals surface area contributed by atoms with Crippen molar-refractivity contribution in [3.05, 3.63) is 16.7 Å². The zero-order valence-corrected chi connectivity index (χ0v) is 12.9. The molecule has 2 rings (SSSR count). The van der Waals surface area contributed by atoms with Crippen LogP contribution in [0, 0.1) is 0 Å². The first kappa shape index (κ1) is 15.6. The van der Waals surface area contributed by atoms with Crippen LogP contribution in [-0.2, 0) is 19.5 Å². The van der Waals surface area contributed by atoms with E-state index in [9.17, 15) is 8.42 Å². The molecule has 1 fully saturated rings. The second-order valence-corrected chi connectivity index (χ2v) is 6.72. The first-order valence-corrected chi connectivity index (χ1v) is 8.12. The van der Waals surface area contributed by atoms with Crippen molar-refractivity contribution in [2.45, 2.75) is 11.0 Å². The van der Waals surface area contributed by atoms with Gasteiger partial charge in [-0.05, 0) is 22.0 Å². The van der Waals surface area contributed by atoms with Gasteiger partial charge < -0.3 is 14.9 Å². The monoisotopic (exact) mass is 366 g/mol. The fraction of sp³-hybridized carbons (Fsp3) is 0.500. The second kappa shape index (κ2) is 6.78. The Morgan fingerprint density at radius 2 is 2.30 bits per heavy atom. The third kappa shape index (κ3) is 3.87. The summed E-state index contributed by atoms with van der Waals surface area (Å²) in [5, 5.41) is 0. The number of nitrogens with two attached hydrogens (primary N) is 1. The predicted octanol–water partition coefficient (Wildman–Crippen LogP) is -0.177. The third-order valence-corrected chi connectivity index (χ3v) is 4.50. The first-order valence-electron chi connectivity index (χ1n) is 5.84. The van der Waals surface area contributed by atoms with Crippen LogP contribution in [0.5, 0.6) is 0 Å². The highest BCUT2D eigenvalue weighted by molar-refractivity contribution is 9.10. The van der Waals surface area contributed by atoms with Crippen molar-refractivity contribution >= 4 is 31.8 Å². The maximum Gasteiger partial charge on any atom is 0.244 e. The molecule has 1 atom stereocenters. The molecule has 0 aliphatic carbocycles. The molecule has 10 heteroatoms. The van der Waals surface area contributed by atoms with Gasteiger partial charge in [0.15, 0.2) is 5.82 Å². The zero-order valence-electron chi connectivity index (χ0n) is 10.5. The number of hydrogen-bond donors (Lipinski definition) is 3. The van der Waals surface area contributed by atoms with E-state index in [1.54, 1.807) is 0 Å². The smallest absolute Gasteiger partial charge is 0.244 e. The van der Waals surface area contributed by atoms with Crippen LogP contribution >= 0.6 is 15.9 Å². The van der Waals surface area contributed by atoms with E-state index in [1.165, 1.54) is 12.3 Å². The van der Waals surface area contributed by atoms with Gasteiger partial charge in [0.05, 0.1) is 25.9 Å². The van der Waals surface area contributed by atoms with E-state index in [0.29, 0.717) is 24.3 Å². The largest absolute Gasteiger partial charge is 0.376 e. The Bertz CT molecular complexity index is 562. The Morgan fingerprint density at radius 3 is 2.95 bits per heavy atom. The summed E-state index contributed by atoms with van der Waals surface area (Å²) in [5.74, 6) is 5.34. The molecule has 1 aromatic rings. The van der Waals surface area contributed by atoms with Crippen LogP contribution in [0.4, 0.5) is 5.82 Å². The summed E-state index contributed by atoms with van der Waals surface area (Å²) in [4.78, 5) is 3.86. The van der Waals surface area contributed by atoms with E-state index in [-0.39, 0.29) is 23.4 Å². The highest BCUT2D eigenvalue weighted by Gasteiger charge is 2.23. The molecule has 1 aliphatic rings. The van der Waals surface area contributed by atoms with Gasteiger partial charge in [0, 0.05) is 17.2 Å². The summed E-state index contributed by atoms with van der Waals surface area (Å²) < 4.78 is 38.1. The molecule has 4 N–H and O–H groups in total. The molecule has 8 nitrogen and oxygen atoms in total. The molecule has 1 unspecified atom stereocenters. The molecular formula is C10H15BrN4O4S. The van der Waals surface area contributed by atoms with Gasteiger partial charge in [-0.3, -0.25) is 0 Å². The van der Waals surface area contributed by atoms with Crippen molar-refractivity contribution in [3.63, 3.8) is 0 Å². The van der Waals surface area contributed by atoms with Gasteiger partial charge in [-0.1, -0.05) is 0 Å². The molecule has 2 heterocycles. The minimum atomic E-state index is -3.75. The van der Waals surface area contributed by atoms with Gasteiger partial charge in [-0.15, -0.1) is 0 Å². The fourth-order valence-corrected chi connectivity index (χ4v) is 3.36. The molecule has 0 spiro atoms. The van der Waals surface area contributed by atoms with Gasteiger partial charge in [0.25, 0.3) is 0 Å². The van der Waals surface area contributed by atoms with Gasteiger partial charge in [0.1, 0.15) is 4.90 Å². The number of sulfonamides is 1. The average molecular weight is 367 g/mol. The number of nitrogens with one attached hydrogen (secondary N) is 2. The SMILES string of the molecule is NNc1ncc(Br)cc1S(=O)(=O)NCC1COCCO1. The zero-order chi connectivity index (χ0) is 14.6. The number of hydrazine groups is 1. The Morgan fingerprint density at radius 1 is 1.50 bits per heavy atom. The first-order chi connectivity index (χ1) is 9.53. The summed E-state index contributed by atoms with van der Waals surface area (Å²) >= 11 is 3.18. The van der Waals surface area contributed by atoms with Gasteiger partial charge in [0.2, 0.25) is 10.0 Å². The molecule has 0 saturated carbocycles. The van der Waals surface area contributed by atoms with Crippen LogP contribution in [0.15, 0.2) is 21.6 Å². The molecule has 0 aromatic carbocycles. The average Bonchev–Trinajstić information content (AvgIpc) is 2.46. The van der Waals surface area contributed by atoms with Gasteiger partial charge in [-0.25, -0.2) is 24.0 Å². The molecular weight excluding hydrogens is 352 g/mol. The number of ether oxygens (including phenoxy) is 2. The van der Waals surface area contributed by atoms with Crippen molar-refractivity contribution < 1.29 is 17.9 Å². The summed E-state index contributed by atoms with van der Waals surface area (Å²) in [5.41, 5.74) is 2.26. The lowest BCUT2D eigenvalue weighted by atomic mass is 10.3. The van der Waals surface area contributed by atoms with Crippen molar-refractivity contribution in [1.82, 2.24) is 9.71 Å². The van der Waals surface area contributed by atoms with Crippen LogP contribution in [0.3, 0.4) is 0 Å². The minimum absolute atomic E-state index is 0.0360. The minimum Gasteiger partial charge on any atom is -0.376 e. The molecule has 1 saturated heterocycles. The molecule has 0 bridgehead atoms. The number of hydrogen-bond acceptors (Lipinski definition) is 7. The lowest BCUT2D eigenvalue weighted by Crippen LogP contribution is -2.39. The molecule has 1 aromatic heterocycles. The highest BCUT2D eigenvalue weighted by Crippen LogP contribution is 2.22. The number of rotatable bonds is 5. The number of halogens is 1. The maximum absolute atomic E-state index is 12.2. The molecule has 1 aliphatic heterocycles. The fourth-order valence-electron chi connectivity index (χ4n) is 1.67. The second-order valence-electron chi connectivity index (χ2n) is 4.06. The number of nitrogens with zero attached hydrogens (tertiary/aromatic N) is 1. The van der Waals surface area contributed by atoms with E-state index in [2.05, 4.69) is 31.1 Å². The van der Waals surface area contributed by atoms with Crippen molar-refractivity contribution in [1.29, 1.82) is 0 Å². The summed E-state index contributed by atoms with van der Waals surface area (Å²) in [6.45, 7) is 1.47. The lowest BCUT2D eigenvalue weighted by Gasteiger charge is -2.23. The van der Waals surface area contributed by atoms with E-state index < -0.39 is 10.0 Å². The molecule has 20 heavy (non-hydrogen) atoms. The Balaban J connectivity index is 2.11. The Labute approximate surface area is 125 Å². The number of nitrogen functional groups attached to an aromatic ring is 1. The van der Waals surface area contributed by atoms with Crippen molar-refractivity contribution in [3.8, 4) is 0 Å². The van der Waals surface area contributed by atoms with Crippen molar-refractivity contribution in [2.75, 3.05) is 31.8 Å². The quantitative estimate of drug-likeness (QED) is 0.489. The highest BCUT2D eigenvalue weighted by atomic mass is 79.9. The molecule has 0 amide bonds.